The van der Waals surface area contributed by atoms with Gasteiger partial charge in [-0.1, -0.05) is 11.6 Å². The molecule has 142 valence electrons. The van der Waals surface area contributed by atoms with Crippen LogP contribution in [0.2, 0.25) is 5.02 Å². The third kappa shape index (κ3) is 4.94. The van der Waals surface area contributed by atoms with Crippen LogP contribution in [0.15, 0.2) is 30.6 Å². The van der Waals surface area contributed by atoms with Crippen LogP contribution in [-0.2, 0) is 14.8 Å². The Morgan fingerprint density at radius 3 is 2.96 bits per heavy atom. The molecule has 26 heavy (non-hydrogen) atoms. The van der Waals surface area contributed by atoms with Crippen molar-refractivity contribution >= 4 is 21.6 Å². The van der Waals surface area contributed by atoms with Crippen LogP contribution in [0, 0.1) is 5.82 Å². The lowest BCUT2D eigenvalue weighted by Gasteiger charge is -2.31. The molecule has 0 unspecified atom stereocenters. The molecule has 0 bridgehead atoms. The summed E-state index contributed by atoms with van der Waals surface area (Å²) in [5, 5.41) is 4.46. The number of ether oxygens (including phenoxy) is 2. The van der Waals surface area contributed by atoms with E-state index in [1.54, 1.807) is 12.3 Å². The third-order valence-corrected chi connectivity index (χ3v) is 4.87. The molecule has 2 atom stereocenters. The normalized spacial score (nSPS) is 20.9. The predicted molar refractivity (Wildman–Crippen MR) is 94.8 cm³/mol. The lowest BCUT2D eigenvalue weighted by atomic mass is 10.0. The molecule has 1 N–H and O–H groups in total. The Bertz CT molecular complexity index is 874. The van der Waals surface area contributed by atoms with Gasteiger partial charge in [-0.25, -0.2) is 22.2 Å². The largest absolute Gasteiger partial charge is 0.488 e. The van der Waals surface area contributed by atoms with Gasteiger partial charge in [-0.3, -0.25) is 0 Å². The topological polar surface area (TPSA) is 82.5 Å². The van der Waals surface area contributed by atoms with Gasteiger partial charge in [0, 0.05) is 18.9 Å². The summed E-state index contributed by atoms with van der Waals surface area (Å²) in [7, 11) is -3.36. The van der Waals surface area contributed by atoms with Crippen molar-refractivity contribution in [1.29, 1.82) is 0 Å². The molecule has 7 nitrogen and oxygen atoms in total. The smallest absolute Gasteiger partial charge is 0.209 e. The zero-order chi connectivity index (χ0) is 18.7. The summed E-state index contributed by atoms with van der Waals surface area (Å²) in [4.78, 5) is 0. The molecule has 0 radical (unpaired) electrons. The van der Waals surface area contributed by atoms with E-state index >= 15 is 0 Å². The Labute approximate surface area is 156 Å². The molecule has 0 spiro atoms. The van der Waals surface area contributed by atoms with E-state index in [9.17, 15) is 12.8 Å². The van der Waals surface area contributed by atoms with E-state index in [0.717, 1.165) is 12.7 Å². The molecule has 10 heteroatoms. The number of nitrogens with one attached hydrogen (secondary N) is 1. The zero-order valence-corrected chi connectivity index (χ0v) is 15.6. The van der Waals surface area contributed by atoms with Gasteiger partial charge in [0.05, 0.1) is 29.2 Å². The third-order valence-electron chi connectivity index (χ3n) is 3.94. The molecule has 1 aliphatic heterocycles. The van der Waals surface area contributed by atoms with Crippen LogP contribution in [0.25, 0.3) is 5.69 Å². The molecule has 3 rings (SSSR count). The Morgan fingerprint density at radius 1 is 1.50 bits per heavy atom. The lowest BCUT2D eigenvalue weighted by molar-refractivity contribution is -0.0284. The van der Waals surface area contributed by atoms with Crippen molar-refractivity contribution in [2.75, 3.05) is 19.5 Å². The van der Waals surface area contributed by atoms with E-state index in [1.807, 2.05) is 0 Å². The van der Waals surface area contributed by atoms with Crippen LogP contribution >= 0.6 is 11.6 Å². The summed E-state index contributed by atoms with van der Waals surface area (Å²) in [6.45, 7) is 0.550. The number of aromatic nitrogens is 2. The molecule has 2 heterocycles. The van der Waals surface area contributed by atoms with Crippen molar-refractivity contribution in [3.8, 4) is 11.4 Å². The van der Waals surface area contributed by atoms with Crippen molar-refractivity contribution in [2.45, 2.75) is 25.0 Å². The molecule has 2 aromatic rings. The highest BCUT2D eigenvalue weighted by molar-refractivity contribution is 7.88. The first kappa shape index (κ1) is 19.1. The quantitative estimate of drug-likeness (QED) is 0.799. The highest BCUT2D eigenvalue weighted by Gasteiger charge is 2.29. The van der Waals surface area contributed by atoms with E-state index in [2.05, 4.69) is 9.82 Å². The molecule has 1 saturated heterocycles. The second kappa shape index (κ2) is 7.91. The first-order chi connectivity index (χ1) is 12.3. The Kier molecular flexibility index (Phi) is 5.81. The van der Waals surface area contributed by atoms with E-state index in [4.69, 9.17) is 21.1 Å². The molecule has 0 amide bonds. The van der Waals surface area contributed by atoms with Crippen LogP contribution in [0.5, 0.6) is 5.75 Å². The maximum Gasteiger partial charge on any atom is 0.209 e. The summed E-state index contributed by atoms with van der Waals surface area (Å²) < 4.78 is 52.3. The van der Waals surface area contributed by atoms with Crippen molar-refractivity contribution in [3.63, 3.8) is 0 Å². The Balaban J connectivity index is 1.66. The second-order valence-corrected chi connectivity index (χ2v) is 8.29. The average molecular weight is 404 g/mol. The fourth-order valence-corrected chi connectivity index (χ4v) is 3.73. The maximum absolute atomic E-state index is 14.3. The predicted octanol–water partition coefficient (Wildman–Crippen LogP) is 2.14. The number of hydrogen-bond donors (Lipinski definition) is 1. The van der Waals surface area contributed by atoms with Gasteiger partial charge in [-0.2, -0.15) is 5.10 Å². The first-order valence-corrected chi connectivity index (χ1v) is 10.3. The molecular weight excluding hydrogens is 385 g/mol. The van der Waals surface area contributed by atoms with Gasteiger partial charge < -0.3 is 9.47 Å². The summed E-state index contributed by atoms with van der Waals surface area (Å²) in [5.74, 6) is -0.503. The fourth-order valence-electron chi connectivity index (χ4n) is 2.78. The molecule has 1 fully saturated rings. The number of benzene rings is 1. The molecular formula is C16H19ClFN3O4S. The lowest BCUT2D eigenvalue weighted by Crippen LogP contribution is -2.49. The SMILES string of the molecule is CS(=O)(=O)N[C@H]1CCCO[C@@H]1COc1ccc(-n2cc(Cl)cn2)cc1F. The van der Waals surface area contributed by atoms with E-state index < -0.39 is 28.0 Å². The number of sulfonamides is 1. The molecule has 1 aromatic carbocycles. The van der Waals surface area contributed by atoms with E-state index in [0.29, 0.717) is 23.7 Å². The molecule has 0 saturated carbocycles. The van der Waals surface area contributed by atoms with Crippen molar-refractivity contribution < 1.29 is 22.3 Å². The van der Waals surface area contributed by atoms with E-state index in [1.165, 1.54) is 23.0 Å². The Hall–Kier alpha value is -1.68. The minimum Gasteiger partial charge on any atom is -0.488 e. The van der Waals surface area contributed by atoms with Gasteiger partial charge in [0.15, 0.2) is 11.6 Å². The molecule has 0 aliphatic carbocycles. The highest BCUT2D eigenvalue weighted by Crippen LogP contribution is 2.23. The minimum absolute atomic E-state index is 0.0387. The second-order valence-electron chi connectivity index (χ2n) is 6.08. The van der Waals surface area contributed by atoms with Crippen LogP contribution in [0.4, 0.5) is 4.39 Å². The molecule has 1 aromatic heterocycles. The van der Waals surface area contributed by atoms with Crippen LogP contribution in [0.3, 0.4) is 0 Å². The van der Waals surface area contributed by atoms with Crippen LogP contribution < -0.4 is 9.46 Å². The summed E-state index contributed by atoms with van der Waals surface area (Å²) in [6, 6.07) is 4.03. The number of hydrogen-bond acceptors (Lipinski definition) is 5. The first-order valence-electron chi connectivity index (χ1n) is 8.03. The monoisotopic (exact) mass is 403 g/mol. The highest BCUT2D eigenvalue weighted by atomic mass is 35.5. The molecule has 1 aliphatic rings. The van der Waals surface area contributed by atoms with Gasteiger partial charge in [-0.15, -0.1) is 0 Å². The number of halogens is 2. The van der Waals surface area contributed by atoms with Gasteiger partial charge in [0.2, 0.25) is 10.0 Å². The Morgan fingerprint density at radius 2 is 2.31 bits per heavy atom. The fraction of sp³-hybridized carbons (Fsp3) is 0.438. The standard InChI is InChI=1S/C16H19ClFN3O4S/c1-26(22,23)20-14-3-2-6-24-16(14)10-25-15-5-4-12(7-13(15)18)21-9-11(17)8-19-21/h4-5,7-9,14,16,20H,2-3,6,10H2,1H3/t14-,16+/m0/s1. The van der Waals surface area contributed by atoms with Gasteiger partial charge >= 0.3 is 0 Å². The number of rotatable bonds is 6. The summed E-state index contributed by atoms with van der Waals surface area (Å²) >= 11 is 5.81. The van der Waals surface area contributed by atoms with Gasteiger partial charge in [0.25, 0.3) is 0 Å². The van der Waals surface area contributed by atoms with Crippen molar-refractivity contribution in [2.24, 2.45) is 0 Å². The van der Waals surface area contributed by atoms with Crippen molar-refractivity contribution in [3.05, 3.63) is 41.4 Å². The zero-order valence-electron chi connectivity index (χ0n) is 14.1. The summed E-state index contributed by atoms with van der Waals surface area (Å²) in [6.07, 6.45) is 5.02. The van der Waals surface area contributed by atoms with Crippen LogP contribution in [-0.4, -0.2) is 49.8 Å². The summed E-state index contributed by atoms with van der Waals surface area (Å²) in [5.41, 5.74) is 0.507. The van der Waals surface area contributed by atoms with E-state index in [-0.39, 0.29) is 12.4 Å². The number of nitrogens with zero attached hydrogens (tertiary/aromatic N) is 2. The van der Waals surface area contributed by atoms with Gasteiger partial charge in [0.1, 0.15) is 12.7 Å². The van der Waals surface area contributed by atoms with Crippen LogP contribution in [0.1, 0.15) is 12.8 Å². The van der Waals surface area contributed by atoms with Gasteiger partial charge in [-0.05, 0) is 25.0 Å². The minimum atomic E-state index is -3.36. The average Bonchev–Trinajstić information content (AvgIpc) is 3.00. The maximum atomic E-state index is 14.3. The van der Waals surface area contributed by atoms with Crippen molar-refractivity contribution in [1.82, 2.24) is 14.5 Å².